The largest absolute Gasteiger partial charge is 0.490 e. The summed E-state index contributed by atoms with van der Waals surface area (Å²) in [6.45, 7) is 2.32. The number of thiocarbonyl (C=S) groups is 1. The Hall–Kier alpha value is -2.14. The minimum atomic E-state index is -0.922. The van der Waals surface area contributed by atoms with Gasteiger partial charge in [0.15, 0.2) is 11.5 Å². The lowest BCUT2D eigenvalue weighted by atomic mass is 10.1. The molecule has 1 amide bonds. The van der Waals surface area contributed by atoms with Crippen molar-refractivity contribution >= 4 is 73.8 Å². The van der Waals surface area contributed by atoms with Gasteiger partial charge in [0.2, 0.25) is 0 Å². The number of carboxylic acid groups (broad SMARTS) is 1. The molecular formula is C23H20BrClFNO5S2. The Morgan fingerprint density at radius 2 is 2.12 bits per heavy atom. The molecule has 11 heteroatoms. The predicted octanol–water partition coefficient (Wildman–Crippen LogP) is 6.29. The Balaban J connectivity index is 1.82. The quantitative estimate of drug-likeness (QED) is 0.258. The zero-order valence-electron chi connectivity index (χ0n) is 18.0. The lowest BCUT2D eigenvalue weighted by Crippen LogP contribution is -2.29. The molecule has 3 rings (SSSR count). The van der Waals surface area contributed by atoms with Crippen molar-refractivity contribution < 1.29 is 28.6 Å². The Bertz CT molecular complexity index is 1140. The van der Waals surface area contributed by atoms with Crippen LogP contribution in [0.15, 0.2) is 39.7 Å². The van der Waals surface area contributed by atoms with Gasteiger partial charge in [0.05, 0.1) is 21.0 Å². The number of amides is 1. The molecule has 0 aromatic heterocycles. The van der Waals surface area contributed by atoms with E-state index in [9.17, 15) is 14.0 Å². The van der Waals surface area contributed by atoms with Gasteiger partial charge in [-0.15, -0.1) is 0 Å². The van der Waals surface area contributed by atoms with Crippen LogP contribution in [0.3, 0.4) is 0 Å². The monoisotopic (exact) mass is 587 g/mol. The Morgan fingerprint density at radius 1 is 1.35 bits per heavy atom. The van der Waals surface area contributed by atoms with E-state index in [4.69, 9.17) is 38.4 Å². The van der Waals surface area contributed by atoms with Crippen LogP contribution in [0.2, 0.25) is 5.02 Å². The van der Waals surface area contributed by atoms with E-state index in [1.807, 2.05) is 6.92 Å². The third kappa shape index (κ3) is 6.50. The van der Waals surface area contributed by atoms with Gasteiger partial charge in [-0.2, -0.15) is 0 Å². The first kappa shape index (κ1) is 26.5. The van der Waals surface area contributed by atoms with Crippen LogP contribution in [0.1, 0.15) is 30.9 Å². The molecule has 0 saturated carbocycles. The fourth-order valence-electron chi connectivity index (χ4n) is 3.12. The van der Waals surface area contributed by atoms with E-state index in [1.54, 1.807) is 24.3 Å². The minimum absolute atomic E-state index is 0.0413. The summed E-state index contributed by atoms with van der Waals surface area (Å²) in [6, 6.07) is 7.88. The number of carbonyl (C=O) groups excluding carboxylic acids is 1. The Morgan fingerprint density at radius 3 is 2.79 bits per heavy atom. The van der Waals surface area contributed by atoms with Gasteiger partial charge in [0.25, 0.3) is 5.91 Å². The van der Waals surface area contributed by atoms with Crippen molar-refractivity contribution in [1.82, 2.24) is 4.90 Å². The number of carbonyl (C=O) groups is 2. The fraction of sp³-hybridized carbons (Fsp3) is 0.261. The summed E-state index contributed by atoms with van der Waals surface area (Å²) in [7, 11) is 0. The van der Waals surface area contributed by atoms with Gasteiger partial charge < -0.3 is 14.6 Å². The van der Waals surface area contributed by atoms with E-state index in [2.05, 4.69) is 15.9 Å². The molecule has 0 aliphatic carbocycles. The van der Waals surface area contributed by atoms with Crippen LogP contribution < -0.4 is 9.47 Å². The summed E-state index contributed by atoms with van der Waals surface area (Å²) in [4.78, 5) is 25.3. The topological polar surface area (TPSA) is 76.1 Å². The molecule has 1 saturated heterocycles. The van der Waals surface area contributed by atoms with E-state index < -0.39 is 11.8 Å². The first-order valence-electron chi connectivity index (χ1n) is 10.2. The average molecular weight is 589 g/mol. The molecule has 0 spiro atoms. The molecule has 0 radical (unpaired) electrons. The second-order valence-corrected chi connectivity index (χ2v) is 10.0. The maximum absolute atomic E-state index is 14.1. The van der Waals surface area contributed by atoms with Gasteiger partial charge in [-0.1, -0.05) is 41.6 Å². The number of carboxylic acids is 1. The molecule has 1 aliphatic rings. The smallest absolute Gasteiger partial charge is 0.303 e. The van der Waals surface area contributed by atoms with Crippen LogP contribution in [-0.2, 0) is 16.2 Å². The number of nitrogens with zero attached hydrogens (tertiary/aromatic N) is 1. The number of thioether (sulfide) groups is 1. The maximum atomic E-state index is 14.1. The van der Waals surface area contributed by atoms with Gasteiger partial charge in [-0.3, -0.25) is 14.5 Å². The summed E-state index contributed by atoms with van der Waals surface area (Å²) in [5.74, 6) is -0.881. The molecule has 1 fully saturated rings. The second kappa shape index (κ2) is 12.0. The van der Waals surface area contributed by atoms with Gasteiger partial charge in [0.1, 0.15) is 16.7 Å². The standard InChI is InChI=1S/C23H20BrClFNO5S2/c1-2-31-18-10-13(11-19-22(30)27(23(33)34-19)8-4-7-20(28)29)9-15(24)21(18)32-12-14-16(25)5-3-6-17(14)26/h3,5-6,9-11H,2,4,7-8,12H2,1H3,(H,28,29)/b19-11+. The van der Waals surface area contributed by atoms with E-state index in [-0.39, 0.29) is 36.1 Å². The highest BCUT2D eigenvalue weighted by Gasteiger charge is 2.31. The van der Waals surface area contributed by atoms with Crippen LogP contribution in [0, 0.1) is 5.82 Å². The number of hydrogen-bond acceptors (Lipinski definition) is 6. The molecule has 1 aliphatic heterocycles. The molecule has 1 heterocycles. The average Bonchev–Trinajstić information content (AvgIpc) is 3.02. The van der Waals surface area contributed by atoms with E-state index >= 15 is 0 Å². The maximum Gasteiger partial charge on any atom is 0.303 e. The summed E-state index contributed by atoms with van der Waals surface area (Å²) in [6.07, 6.45) is 1.95. The first-order chi connectivity index (χ1) is 16.2. The van der Waals surface area contributed by atoms with Crippen molar-refractivity contribution in [3.63, 3.8) is 0 Å². The molecule has 0 atom stereocenters. The Kier molecular flexibility index (Phi) is 9.35. The van der Waals surface area contributed by atoms with Crippen molar-refractivity contribution in [2.24, 2.45) is 0 Å². The zero-order chi connectivity index (χ0) is 24.8. The zero-order valence-corrected chi connectivity index (χ0v) is 22.0. The molecule has 1 N–H and O–H groups in total. The molecule has 6 nitrogen and oxygen atoms in total. The number of hydrogen-bond donors (Lipinski definition) is 1. The van der Waals surface area contributed by atoms with Crippen LogP contribution in [-0.4, -0.2) is 39.4 Å². The van der Waals surface area contributed by atoms with Gasteiger partial charge in [-0.25, -0.2) is 4.39 Å². The van der Waals surface area contributed by atoms with Crippen LogP contribution >= 0.6 is 51.5 Å². The van der Waals surface area contributed by atoms with Gasteiger partial charge >= 0.3 is 5.97 Å². The number of halogens is 3. The second-order valence-electron chi connectivity index (χ2n) is 7.08. The number of benzene rings is 2. The van der Waals surface area contributed by atoms with Crippen LogP contribution in [0.25, 0.3) is 6.08 Å². The van der Waals surface area contributed by atoms with E-state index in [1.165, 1.54) is 17.0 Å². The number of rotatable bonds is 10. The highest BCUT2D eigenvalue weighted by molar-refractivity contribution is 9.10. The summed E-state index contributed by atoms with van der Waals surface area (Å²) >= 11 is 16.0. The van der Waals surface area contributed by atoms with Crippen molar-refractivity contribution in [3.05, 3.63) is 61.7 Å². The van der Waals surface area contributed by atoms with Crippen molar-refractivity contribution in [2.75, 3.05) is 13.2 Å². The Labute approximate surface area is 219 Å². The highest BCUT2D eigenvalue weighted by atomic mass is 79.9. The molecule has 2 aromatic carbocycles. The molecular weight excluding hydrogens is 569 g/mol. The fourth-order valence-corrected chi connectivity index (χ4v) is 5.22. The normalized spacial score (nSPS) is 14.7. The van der Waals surface area contributed by atoms with Crippen LogP contribution in [0.4, 0.5) is 4.39 Å². The SMILES string of the molecule is CCOc1cc(/C=C2/SC(=S)N(CCCC(=O)O)C2=O)cc(Br)c1OCc1c(F)cccc1Cl. The van der Waals surface area contributed by atoms with E-state index in [0.29, 0.717) is 43.8 Å². The molecule has 0 bridgehead atoms. The minimum Gasteiger partial charge on any atom is -0.490 e. The van der Waals surface area contributed by atoms with Gasteiger partial charge in [0, 0.05) is 18.5 Å². The third-order valence-electron chi connectivity index (χ3n) is 4.70. The van der Waals surface area contributed by atoms with Crippen LogP contribution in [0.5, 0.6) is 11.5 Å². The highest BCUT2D eigenvalue weighted by Crippen LogP contribution is 2.40. The van der Waals surface area contributed by atoms with Gasteiger partial charge in [-0.05, 0) is 65.2 Å². The summed E-state index contributed by atoms with van der Waals surface area (Å²) in [5.41, 5.74) is 0.895. The summed E-state index contributed by atoms with van der Waals surface area (Å²) in [5, 5.41) is 9.07. The lowest BCUT2D eigenvalue weighted by molar-refractivity contribution is -0.137. The molecule has 34 heavy (non-hydrogen) atoms. The predicted molar refractivity (Wildman–Crippen MR) is 138 cm³/mol. The first-order valence-corrected chi connectivity index (χ1v) is 12.6. The van der Waals surface area contributed by atoms with Crippen molar-refractivity contribution in [2.45, 2.75) is 26.4 Å². The molecule has 2 aromatic rings. The summed E-state index contributed by atoms with van der Waals surface area (Å²) < 4.78 is 26.6. The van der Waals surface area contributed by atoms with Crippen molar-refractivity contribution in [1.29, 1.82) is 0 Å². The number of aliphatic carboxylic acids is 1. The van der Waals surface area contributed by atoms with Crippen molar-refractivity contribution in [3.8, 4) is 11.5 Å². The molecule has 180 valence electrons. The molecule has 0 unspecified atom stereocenters. The lowest BCUT2D eigenvalue weighted by Gasteiger charge is -2.16. The number of ether oxygens (including phenoxy) is 2. The van der Waals surface area contributed by atoms with E-state index in [0.717, 1.165) is 11.8 Å². The third-order valence-corrected chi connectivity index (χ3v) is 7.02.